The lowest BCUT2D eigenvalue weighted by atomic mass is 10.3. The Morgan fingerprint density at radius 2 is 1.96 bits per heavy atom. The topological polar surface area (TPSA) is 87.9 Å². The SMILES string of the molecule is Cn1nc(N2CCCC2)nc1CCc1nc2ccc(C#N)cn2n1. The van der Waals surface area contributed by atoms with E-state index in [1.807, 2.05) is 17.8 Å². The zero-order valence-corrected chi connectivity index (χ0v) is 13.6. The summed E-state index contributed by atoms with van der Waals surface area (Å²) in [6, 6.07) is 5.67. The number of nitrogens with zero attached hydrogens (tertiary/aromatic N) is 8. The van der Waals surface area contributed by atoms with Crippen LogP contribution in [0.1, 0.15) is 30.1 Å². The van der Waals surface area contributed by atoms with E-state index in [9.17, 15) is 0 Å². The maximum absolute atomic E-state index is 8.95. The monoisotopic (exact) mass is 322 g/mol. The normalized spacial score (nSPS) is 14.4. The van der Waals surface area contributed by atoms with Crippen LogP contribution in [-0.4, -0.2) is 42.5 Å². The highest BCUT2D eigenvalue weighted by atomic mass is 15.4. The van der Waals surface area contributed by atoms with Crippen molar-refractivity contribution in [2.24, 2.45) is 7.05 Å². The largest absolute Gasteiger partial charge is 0.340 e. The van der Waals surface area contributed by atoms with Crippen molar-refractivity contribution >= 4 is 11.6 Å². The highest BCUT2D eigenvalue weighted by molar-refractivity contribution is 5.41. The molecule has 24 heavy (non-hydrogen) atoms. The van der Waals surface area contributed by atoms with Gasteiger partial charge in [-0.2, -0.15) is 15.3 Å². The van der Waals surface area contributed by atoms with Gasteiger partial charge in [0, 0.05) is 39.2 Å². The number of nitriles is 1. The third-order valence-electron chi connectivity index (χ3n) is 4.31. The van der Waals surface area contributed by atoms with Crippen LogP contribution in [0.4, 0.5) is 5.95 Å². The smallest absolute Gasteiger partial charge is 0.244 e. The van der Waals surface area contributed by atoms with Crippen molar-refractivity contribution in [1.29, 1.82) is 5.26 Å². The number of fused-ring (bicyclic) bond motifs is 1. The third kappa shape index (κ3) is 2.69. The number of anilines is 1. The molecule has 4 rings (SSSR count). The van der Waals surface area contributed by atoms with Gasteiger partial charge in [0.25, 0.3) is 0 Å². The van der Waals surface area contributed by atoms with Crippen LogP contribution in [0.5, 0.6) is 0 Å². The van der Waals surface area contributed by atoms with Gasteiger partial charge in [0.05, 0.1) is 5.56 Å². The Balaban J connectivity index is 1.49. The first kappa shape index (κ1) is 14.6. The Morgan fingerprint density at radius 3 is 2.75 bits per heavy atom. The molecule has 0 aliphatic carbocycles. The van der Waals surface area contributed by atoms with Gasteiger partial charge in [0.1, 0.15) is 11.9 Å². The molecule has 8 nitrogen and oxygen atoms in total. The van der Waals surface area contributed by atoms with E-state index in [1.54, 1.807) is 16.8 Å². The highest BCUT2D eigenvalue weighted by Crippen LogP contribution is 2.16. The van der Waals surface area contributed by atoms with E-state index in [4.69, 9.17) is 5.26 Å². The molecule has 0 unspecified atom stereocenters. The second-order valence-electron chi connectivity index (χ2n) is 6.01. The lowest BCUT2D eigenvalue weighted by Crippen LogP contribution is -2.19. The van der Waals surface area contributed by atoms with Crippen LogP contribution in [0.3, 0.4) is 0 Å². The van der Waals surface area contributed by atoms with Crippen molar-refractivity contribution in [1.82, 2.24) is 29.4 Å². The quantitative estimate of drug-likeness (QED) is 0.715. The molecule has 0 radical (unpaired) electrons. The Kier molecular flexibility index (Phi) is 3.61. The molecule has 0 N–H and O–H groups in total. The fourth-order valence-electron chi connectivity index (χ4n) is 3.00. The summed E-state index contributed by atoms with van der Waals surface area (Å²) in [6.45, 7) is 2.08. The second kappa shape index (κ2) is 5.92. The second-order valence-corrected chi connectivity index (χ2v) is 6.01. The number of aryl methyl sites for hydroxylation is 3. The molecule has 1 aliphatic heterocycles. The Labute approximate surface area is 139 Å². The first-order chi connectivity index (χ1) is 11.7. The van der Waals surface area contributed by atoms with Gasteiger partial charge in [-0.05, 0) is 25.0 Å². The first-order valence-electron chi connectivity index (χ1n) is 8.13. The molecule has 0 spiro atoms. The molecular weight excluding hydrogens is 304 g/mol. The summed E-state index contributed by atoms with van der Waals surface area (Å²) in [7, 11) is 1.93. The molecule has 0 saturated carbocycles. The van der Waals surface area contributed by atoms with Crippen LogP contribution in [0.15, 0.2) is 18.3 Å². The number of rotatable bonds is 4. The van der Waals surface area contributed by atoms with Gasteiger partial charge in [-0.3, -0.25) is 4.68 Å². The van der Waals surface area contributed by atoms with Gasteiger partial charge in [-0.25, -0.2) is 9.50 Å². The minimum absolute atomic E-state index is 0.572. The van der Waals surface area contributed by atoms with Gasteiger partial charge >= 0.3 is 0 Å². The zero-order valence-electron chi connectivity index (χ0n) is 13.6. The first-order valence-corrected chi connectivity index (χ1v) is 8.13. The third-order valence-corrected chi connectivity index (χ3v) is 4.31. The molecule has 1 saturated heterocycles. The maximum atomic E-state index is 8.95. The summed E-state index contributed by atoms with van der Waals surface area (Å²) in [5.41, 5.74) is 1.32. The molecule has 1 fully saturated rings. The lowest BCUT2D eigenvalue weighted by molar-refractivity contribution is 0.681. The molecule has 3 aromatic heterocycles. The molecule has 4 heterocycles. The average molecular weight is 322 g/mol. The number of hydrogen-bond acceptors (Lipinski definition) is 6. The Bertz CT molecular complexity index is 910. The van der Waals surface area contributed by atoms with Crippen LogP contribution in [0.2, 0.25) is 0 Å². The molecular formula is C16H18N8. The van der Waals surface area contributed by atoms with Gasteiger partial charge in [-0.15, -0.1) is 5.10 Å². The van der Waals surface area contributed by atoms with E-state index >= 15 is 0 Å². The van der Waals surface area contributed by atoms with Crippen molar-refractivity contribution < 1.29 is 0 Å². The fourth-order valence-corrected chi connectivity index (χ4v) is 3.00. The molecule has 0 amide bonds. The van der Waals surface area contributed by atoms with Crippen molar-refractivity contribution in [3.63, 3.8) is 0 Å². The molecule has 8 heteroatoms. The highest BCUT2D eigenvalue weighted by Gasteiger charge is 2.18. The predicted molar refractivity (Wildman–Crippen MR) is 87.6 cm³/mol. The molecule has 0 aromatic carbocycles. The van der Waals surface area contributed by atoms with E-state index in [0.717, 1.165) is 42.8 Å². The maximum Gasteiger partial charge on any atom is 0.244 e. The van der Waals surface area contributed by atoms with Crippen LogP contribution >= 0.6 is 0 Å². The molecule has 0 bridgehead atoms. The van der Waals surface area contributed by atoms with Crippen molar-refractivity contribution in [3.05, 3.63) is 35.5 Å². The average Bonchev–Trinajstić information content (AvgIpc) is 3.31. The Morgan fingerprint density at radius 1 is 1.12 bits per heavy atom. The van der Waals surface area contributed by atoms with E-state index < -0.39 is 0 Å². The fraction of sp³-hybridized carbons (Fsp3) is 0.438. The number of pyridine rings is 1. The van der Waals surface area contributed by atoms with E-state index in [0.29, 0.717) is 12.0 Å². The van der Waals surface area contributed by atoms with Crippen LogP contribution < -0.4 is 4.90 Å². The summed E-state index contributed by atoms with van der Waals surface area (Å²) in [5, 5.41) is 17.9. The minimum atomic E-state index is 0.572. The van der Waals surface area contributed by atoms with Gasteiger partial charge in [-0.1, -0.05) is 0 Å². The van der Waals surface area contributed by atoms with Crippen molar-refractivity contribution in [2.45, 2.75) is 25.7 Å². The van der Waals surface area contributed by atoms with Crippen LogP contribution in [0, 0.1) is 11.3 Å². The van der Waals surface area contributed by atoms with Crippen molar-refractivity contribution in [2.75, 3.05) is 18.0 Å². The number of aromatic nitrogens is 6. The van der Waals surface area contributed by atoms with Gasteiger partial charge in [0.2, 0.25) is 5.95 Å². The van der Waals surface area contributed by atoms with E-state index in [2.05, 4.69) is 31.1 Å². The van der Waals surface area contributed by atoms with E-state index in [1.165, 1.54) is 12.8 Å². The van der Waals surface area contributed by atoms with Gasteiger partial charge in [0.15, 0.2) is 11.5 Å². The van der Waals surface area contributed by atoms with Crippen LogP contribution in [0.25, 0.3) is 5.65 Å². The molecule has 1 aliphatic rings. The zero-order chi connectivity index (χ0) is 16.5. The standard InChI is InChI=1S/C16H18N8/c1-22-14(19-16(21-22)23-8-2-3-9-23)7-5-13-18-15-6-4-12(10-17)11-24(15)20-13/h4,6,11H,2-3,5,7-9H2,1H3. The molecule has 3 aromatic rings. The summed E-state index contributed by atoms with van der Waals surface area (Å²) in [6.07, 6.45) is 5.54. The summed E-state index contributed by atoms with van der Waals surface area (Å²) in [5.74, 6) is 2.51. The summed E-state index contributed by atoms with van der Waals surface area (Å²) >= 11 is 0. The lowest BCUT2D eigenvalue weighted by Gasteiger charge is -2.10. The van der Waals surface area contributed by atoms with Crippen LogP contribution in [-0.2, 0) is 19.9 Å². The van der Waals surface area contributed by atoms with Crippen molar-refractivity contribution in [3.8, 4) is 6.07 Å². The Hall–Kier alpha value is -2.95. The number of hydrogen-bond donors (Lipinski definition) is 0. The predicted octanol–water partition coefficient (Wildman–Crippen LogP) is 1.11. The summed E-state index contributed by atoms with van der Waals surface area (Å²) in [4.78, 5) is 11.4. The molecule has 0 atom stereocenters. The minimum Gasteiger partial charge on any atom is -0.340 e. The summed E-state index contributed by atoms with van der Waals surface area (Å²) < 4.78 is 3.50. The van der Waals surface area contributed by atoms with Gasteiger partial charge < -0.3 is 4.90 Å². The molecule has 122 valence electrons. The van der Waals surface area contributed by atoms with E-state index in [-0.39, 0.29) is 0 Å².